The van der Waals surface area contributed by atoms with Gasteiger partial charge in [-0.25, -0.2) is 8.42 Å². The molecule has 178 valence electrons. The first-order chi connectivity index (χ1) is 15.7. The Labute approximate surface area is 193 Å². The summed E-state index contributed by atoms with van der Waals surface area (Å²) < 4.78 is 37.7. The lowest BCUT2D eigenvalue weighted by atomic mass is 10.2. The summed E-state index contributed by atoms with van der Waals surface area (Å²) in [5.74, 6) is -0.0888. The van der Waals surface area contributed by atoms with Crippen LogP contribution in [0.15, 0.2) is 47.4 Å². The van der Waals surface area contributed by atoms with Crippen LogP contribution in [-0.4, -0.2) is 64.0 Å². The third kappa shape index (κ3) is 6.21. The van der Waals surface area contributed by atoms with E-state index in [2.05, 4.69) is 16.0 Å². The largest absolute Gasteiger partial charge is 0.495 e. The van der Waals surface area contributed by atoms with Gasteiger partial charge in [-0.3, -0.25) is 9.59 Å². The predicted octanol–water partition coefficient (Wildman–Crippen LogP) is 2.11. The number of benzene rings is 2. The average molecular weight is 477 g/mol. The van der Waals surface area contributed by atoms with Gasteiger partial charge < -0.3 is 25.4 Å². The standard InChI is InChI=1S/C22H28N4O6S/c1-15(23-20-14-18(24-16(2)27)7-8-21(20)31-3)22(28)25-17-5-4-6-19(13-17)33(29,30)26-9-11-32-12-10-26/h4-8,13-15,23H,9-12H2,1-3H3,(H,24,27)(H,25,28)/t15-/m1/s1. The van der Waals surface area contributed by atoms with Crippen LogP contribution in [-0.2, 0) is 24.3 Å². The average Bonchev–Trinajstić information content (AvgIpc) is 2.79. The van der Waals surface area contributed by atoms with Crippen LogP contribution < -0.4 is 20.7 Å². The zero-order valence-corrected chi connectivity index (χ0v) is 19.6. The van der Waals surface area contributed by atoms with Crippen LogP contribution in [0.3, 0.4) is 0 Å². The first kappa shape index (κ1) is 24.5. The molecule has 3 N–H and O–H groups in total. The van der Waals surface area contributed by atoms with Crippen LogP contribution in [0.5, 0.6) is 5.75 Å². The van der Waals surface area contributed by atoms with Crippen LogP contribution in [0.4, 0.5) is 17.1 Å². The molecule has 3 rings (SSSR count). The number of nitrogens with one attached hydrogen (secondary N) is 3. The first-order valence-corrected chi connectivity index (χ1v) is 11.9. The van der Waals surface area contributed by atoms with E-state index in [4.69, 9.17) is 9.47 Å². The molecule has 1 saturated heterocycles. The van der Waals surface area contributed by atoms with E-state index in [1.807, 2.05) is 0 Å². The highest BCUT2D eigenvalue weighted by atomic mass is 32.2. The Morgan fingerprint density at radius 2 is 1.76 bits per heavy atom. The molecule has 0 bridgehead atoms. The van der Waals surface area contributed by atoms with E-state index in [9.17, 15) is 18.0 Å². The van der Waals surface area contributed by atoms with Gasteiger partial charge >= 0.3 is 0 Å². The van der Waals surface area contributed by atoms with E-state index in [0.29, 0.717) is 49.1 Å². The van der Waals surface area contributed by atoms with Crippen LogP contribution >= 0.6 is 0 Å². The Hall–Kier alpha value is -3.15. The van der Waals surface area contributed by atoms with Crippen molar-refractivity contribution in [1.29, 1.82) is 0 Å². The Morgan fingerprint density at radius 1 is 1.06 bits per heavy atom. The molecule has 1 fully saturated rings. The van der Waals surface area contributed by atoms with Crippen molar-refractivity contribution in [2.24, 2.45) is 0 Å². The van der Waals surface area contributed by atoms with Crippen LogP contribution in [0.25, 0.3) is 0 Å². The van der Waals surface area contributed by atoms with Crippen molar-refractivity contribution >= 4 is 38.9 Å². The van der Waals surface area contributed by atoms with Gasteiger partial charge in [0, 0.05) is 31.4 Å². The summed E-state index contributed by atoms with van der Waals surface area (Å²) >= 11 is 0. The number of amides is 2. The fraction of sp³-hybridized carbons (Fsp3) is 0.364. The van der Waals surface area contributed by atoms with Gasteiger partial charge in [0.15, 0.2) is 0 Å². The SMILES string of the molecule is COc1ccc(NC(C)=O)cc1N[C@H](C)C(=O)Nc1cccc(S(=O)(=O)N2CCOCC2)c1. The van der Waals surface area contributed by atoms with E-state index < -0.39 is 16.1 Å². The fourth-order valence-corrected chi connectivity index (χ4v) is 4.78. The number of morpholine rings is 1. The third-order valence-electron chi connectivity index (χ3n) is 4.99. The molecule has 2 amide bonds. The van der Waals surface area contributed by atoms with Gasteiger partial charge in [0.05, 0.1) is 30.9 Å². The number of nitrogens with zero attached hydrogens (tertiary/aromatic N) is 1. The Balaban J connectivity index is 1.71. The predicted molar refractivity (Wildman–Crippen MR) is 125 cm³/mol. The molecule has 0 aromatic heterocycles. The minimum absolute atomic E-state index is 0.104. The molecule has 1 atom stereocenters. The number of carbonyl (C=O) groups is 2. The number of carbonyl (C=O) groups excluding carboxylic acids is 2. The zero-order valence-electron chi connectivity index (χ0n) is 18.8. The second-order valence-corrected chi connectivity index (χ2v) is 9.43. The van der Waals surface area contributed by atoms with Crippen molar-refractivity contribution in [2.45, 2.75) is 24.8 Å². The molecule has 1 heterocycles. The van der Waals surface area contributed by atoms with Crippen LogP contribution in [0, 0.1) is 0 Å². The van der Waals surface area contributed by atoms with Gasteiger partial charge in [-0.15, -0.1) is 0 Å². The topological polar surface area (TPSA) is 126 Å². The minimum atomic E-state index is -3.68. The molecule has 0 radical (unpaired) electrons. The molecular weight excluding hydrogens is 448 g/mol. The highest BCUT2D eigenvalue weighted by Crippen LogP contribution is 2.29. The molecule has 0 spiro atoms. The highest BCUT2D eigenvalue weighted by molar-refractivity contribution is 7.89. The normalized spacial score (nSPS) is 15.4. The summed E-state index contributed by atoms with van der Waals surface area (Å²) in [6.07, 6.45) is 0. The molecule has 33 heavy (non-hydrogen) atoms. The number of ether oxygens (including phenoxy) is 2. The van der Waals surface area contributed by atoms with Crippen molar-refractivity contribution in [3.63, 3.8) is 0 Å². The van der Waals surface area contributed by atoms with Crippen molar-refractivity contribution in [3.8, 4) is 5.75 Å². The highest BCUT2D eigenvalue weighted by Gasteiger charge is 2.26. The zero-order chi connectivity index (χ0) is 24.0. The molecule has 0 unspecified atom stereocenters. The van der Waals surface area contributed by atoms with Gasteiger partial charge in [-0.2, -0.15) is 4.31 Å². The molecule has 2 aromatic carbocycles. The van der Waals surface area contributed by atoms with E-state index in [-0.39, 0.29) is 16.7 Å². The second-order valence-electron chi connectivity index (χ2n) is 7.50. The van der Waals surface area contributed by atoms with E-state index >= 15 is 0 Å². The van der Waals surface area contributed by atoms with Crippen molar-refractivity contribution in [1.82, 2.24) is 4.31 Å². The summed E-state index contributed by atoms with van der Waals surface area (Å²) in [5, 5.41) is 8.49. The lowest BCUT2D eigenvalue weighted by Crippen LogP contribution is -2.40. The summed E-state index contributed by atoms with van der Waals surface area (Å²) in [4.78, 5) is 24.2. The number of anilines is 3. The summed E-state index contributed by atoms with van der Waals surface area (Å²) in [7, 11) is -2.17. The Morgan fingerprint density at radius 3 is 2.42 bits per heavy atom. The molecule has 2 aromatic rings. The molecule has 0 saturated carbocycles. The molecule has 10 nitrogen and oxygen atoms in total. The maximum atomic E-state index is 12.9. The summed E-state index contributed by atoms with van der Waals surface area (Å²) in [6, 6.07) is 10.5. The molecule has 1 aliphatic heterocycles. The number of sulfonamides is 1. The number of methoxy groups -OCH3 is 1. The van der Waals surface area contributed by atoms with Crippen molar-refractivity contribution < 1.29 is 27.5 Å². The maximum Gasteiger partial charge on any atom is 0.246 e. The summed E-state index contributed by atoms with van der Waals surface area (Å²) in [5.41, 5.74) is 1.44. The van der Waals surface area contributed by atoms with Gasteiger partial charge in [-0.1, -0.05) is 6.07 Å². The molecule has 11 heteroatoms. The van der Waals surface area contributed by atoms with Crippen LogP contribution in [0.1, 0.15) is 13.8 Å². The minimum Gasteiger partial charge on any atom is -0.495 e. The number of hydrogen-bond acceptors (Lipinski definition) is 7. The smallest absolute Gasteiger partial charge is 0.246 e. The first-order valence-electron chi connectivity index (χ1n) is 10.4. The van der Waals surface area contributed by atoms with E-state index in [1.54, 1.807) is 37.3 Å². The molecular formula is C22H28N4O6S. The third-order valence-corrected chi connectivity index (χ3v) is 6.89. The van der Waals surface area contributed by atoms with E-state index in [0.717, 1.165) is 0 Å². The van der Waals surface area contributed by atoms with Crippen molar-refractivity contribution in [2.75, 3.05) is 49.4 Å². The van der Waals surface area contributed by atoms with Crippen molar-refractivity contribution in [3.05, 3.63) is 42.5 Å². The number of rotatable bonds is 8. The fourth-order valence-electron chi connectivity index (χ4n) is 3.32. The Bertz CT molecular complexity index is 1120. The van der Waals surface area contributed by atoms with E-state index in [1.165, 1.54) is 30.5 Å². The van der Waals surface area contributed by atoms with Crippen LogP contribution in [0.2, 0.25) is 0 Å². The van der Waals surface area contributed by atoms with Gasteiger partial charge in [-0.05, 0) is 43.3 Å². The maximum absolute atomic E-state index is 12.9. The van der Waals surface area contributed by atoms with Gasteiger partial charge in [0.2, 0.25) is 21.8 Å². The second kappa shape index (κ2) is 10.6. The van der Waals surface area contributed by atoms with Gasteiger partial charge in [0.25, 0.3) is 0 Å². The molecule has 1 aliphatic rings. The monoisotopic (exact) mass is 476 g/mol. The summed E-state index contributed by atoms with van der Waals surface area (Å²) in [6.45, 7) is 4.35. The quantitative estimate of drug-likeness (QED) is 0.533. The lowest BCUT2D eigenvalue weighted by molar-refractivity contribution is -0.116. The molecule has 0 aliphatic carbocycles. The Kier molecular flexibility index (Phi) is 7.90. The number of hydrogen-bond donors (Lipinski definition) is 3. The lowest BCUT2D eigenvalue weighted by Gasteiger charge is -2.26. The van der Waals surface area contributed by atoms with Gasteiger partial charge in [0.1, 0.15) is 11.8 Å².